The summed E-state index contributed by atoms with van der Waals surface area (Å²) in [4.78, 5) is 25.6. The van der Waals surface area contributed by atoms with E-state index in [1.54, 1.807) is 0 Å². The molecule has 2 amide bonds. The van der Waals surface area contributed by atoms with E-state index in [9.17, 15) is 9.59 Å². The van der Waals surface area contributed by atoms with Gasteiger partial charge < -0.3 is 10.6 Å². The number of carbonyl (C=O) groups is 2. The zero-order chi connectivity index (χ0) is 18.8. The van der Waals surface area contributed by atoms with E-state index < -0.39 is 0 Å². The van der Waals surface area contributed by atoms with Crippen molar-refractivity contribution in [3.8, 4) is 0 Å². The highest BCUT2D eigenvalue weighted by Gasteiger charge is 2.43. The first-order valence-electron chi connectivity index (χ1n) is 9.48. The van der Waals surface area contributed by atoms with E-state index in [0.29, 0.717) is 10.8 Å². The Bertz CT molecular complexity index is 823. The second-order valence-corrected chi connectivity index (χ2v) is 9.35. The van der Waals surface area contributed by atoms with Crippen molar-refractivity contribution >= 4 is 39.1 Å². The minimum Gasteiger partial charge on any atom is -0.353 e. The van der Waals surface area contributed by atoms with E-state index in [1.165, 1.54) is 16.9 Å². The third-order valence-electron chi connectivity index (χ3n) is 5.54. The summed E-state index contributed by atoms with van der Waals surface area (Å²) in [5.74, 6) is 0.786. The molecular formula is C21H23BrN2O2S. The van der Waals surface area contributed by atoms with Crippen molar-refractivity contribution in [2.24, 2.45) is 11.8 Å². The predicted octanol–water partition coefficient (Wildman–Crippen LogP) is 4.16. The lowest BCUT2D eigenvalue weighted by atomic mass is 10.1. The molecule has 4 atom stereocenters. The van der Waals surface area contributed by atoms with E-state index in [1.807, 2.05) is 17.5 Å². The molecule has 1 aromatic carbocycles. The fraction of sp³-hybridized carbons (Fsp3) is 0.429. The van der Waals surface area contributed by atoms with Crippen molar-refractivity contribution in [3.05, 3.63) is 56.7 Å². The molecule has 0 bridgehead atoms. The molecule has 142 valence electrons. The number of amides is 2. The van der Waals surface area contributed by atoms with Crippen molar-refractivity contribution in [2.45, 2.75) is 44.2 Å². The summed E-state index contributed by atoms with van der Waals surface area (Å²) >= 11 is 4.84. The maximum absolute atomic E-state index is 12.5. The molecule has 6 heteroatoms. The number of nitrogens with one attached hydrogen (secondary N) is 2. The zero-order valence-corrected chi connectivity index (χ0v) is 17.4. The third-order valence-corrected chi connectivity index (χ3v) is 7.37. The monoisotopic (exact) mass is 446 g/mol. The predicted molar refractivity (Wildman–Crippen MR) is 111 cm³/mol. The average molecular weight is 447 g/mol. The van der Waals surface area contributed by atoms with Crippen LogP contribution in [0.1, 0.15) is 40.9 Å². The zero-order valence-electron chi connectivity index (χ0n) is 15.0. The minimum absolute atomic E-state index is 0.0287. The summed E-state index contributed by atoms with van der Waals surface area (Å²) in [7, 11) is 0. The number of hydrogen-bond acceptors (Lipinski definition) is 3. The Morgan fingerprint density at radius 3 is 2.48 bits per heavy atom. The fourth-order valence-corrected chi connectivity index (χ4v) is 5.42. The lowest BCUT2D eigenvalue weighted by molar-refractivity contribution is -0.123. The Hall–Kier alpha value is -1.66. The topological polar surface area (TPSA) is 58.2 Å². The van der Waals surface area contributed by atoms with Crippen LogP contribution in [0.4, 0.5) is 0 Å². The third kappa shape index (κ3) is 4.61. The molecule has 0 saturated heterocycles. The second kappa shape index (κ2) is 8.15. The Morgan fingerprint density at radius 2 is 1.78 bits per heavy atom. The van der Waals surface area contributed by atoms with Crippen molar-refractivity contribution in [1.29, 1.82) is 0 Å². The van der Waals surface area contributed by atoms with Gasteiger partial charge in [0.05, 0.1) is 0 Å². The summed E-state index contributed by atoms with van der Waals surface area (Å²) < 4.78 is 0.839. The molecular weight excluding hydrogens is 424 g/mol. The standard InChI is InChI=1S/C21H23BrN2O2S/c22-18-8-9-27-19(18)21(26)24-16-7-6-15(12-16)23-20(25)17-11-14(17)10-13-4-2-1-3-5-13/h1-5,8-9,14-17H,6-7,10-12H2,(H,23,25)(H,24,26)/t14?,15-,16+,17?/m0/s1. The molecule has 0 aliphatic heterocycles. The van der Waals surface area contributed by atoms with Gasteiger partial charge in [0.25, 0.3) is 5.91 Å². The van der Waals surface area contributed by atoms with E-state index in [2.05, 4.69) is 50.8 Å². The van der Waals surface area contributed by atoms with Gasteiger partial charge in [-0.25, -0.2) is 0 Å². The molecule has 4 rings (SSSR count). The number of halogens is 1. The van der Waals surface area contributed by atoms with Gasteiger partial charge in [-0.1, -0.05) is 30.3 Å². The van der Waals surface area contributed by atoms with Gasteiger partial charge in [0, 0.05) is 22.5 Å². The molecule has 2 aliphatic carbocycles. The van der Waals surface area contributed by atoms with E-state index in [-0.39, 0.29) is 29.8 Å². The van der Waals surface area contributed by atoms with Gasteiger partial charge >= 0.3 is 0 Å². The molecule has 2 aromatic rings. The summed E-state index contributed by atoms with van der Waals surface area (Å²) in [6.07, 6.45) is 4.63. The molecule has 27 heavy (non-hydrogen) atoms. The van der Waals surface area contributed by atoms with Crippen LogP contribution < -0.4 is 10.6 Å². The van der Waals surface area contributed by atoms with Crippen LogP contribution in [0.25, 0.3) is 0 Å². The van der Waals surface area contributed by atoms with Crippen molar-refractivity contribution in [2.75, 3.05) is 0 Å². The van der Waals surface area contributed by atoms with Crippen LogP contribution in [-0.4, -0.2) is 23.9 Å². The molecule has 2 aliphatic rings. The largest absolute Gasteiger partial charge is 0.353 e. The smallest absolute Gasteiger partial charge is 0.262 e. The normalized spacial score (nSPS) is 26.6. The molecule has 2 fully saturated rings. The van der Waals surface area contributed by atoms with Gasteiger partial charge in [-0.3, -0.25) is 9.59 Å². The number of benzene rings is 1. The Morgan fingerprint density at radius 1 is 1.04 bits per heavy atom. The van der Waals surface area contributed by atoms with E-state index in [4.69, 9.17) is 0 Å². The molecule has 4 nitrogen and oxygen atoms in total. The number of carbonyl (C=O) groups excluding carboxylic acids is 2. The van der Waals surface area contributed by atoms with Crippen LogP contribution in [-0.2, 0) is 11.2 Å². The summed E-state index contributed by atoms with van der Waals surface area (Å²) in [5.41, 5.74) is 1.31. The number of thiophene rings is 1. The van der Waals surface area contributed by atoms with Crippen LogP contribution >= 0.6 is 27.3 Å². The minimum atomic E-state index is -0.0287. The van der Waals surface area contributed by atoms with E-state index in [0.717, 1.165) is 36.6 Å². The second-order valence-electron chi connectivity index (χ2n) is 7.58. The first-order valence-corrected chi connectivity index (χ1v) is 11.2. The average Bonchev–Trinajstić information content (AvgIpc) is 3.06. The molecule has 2 N–H and O–H groups in total. The van der Waals surface area contributed by atoms with Crippen molar-refractivity contribution < 1.29 is 9.59 Å². The molecule has 1 heterocycles. The van der Waals surface area contributed by atoms with Gasteiger partial charge in [-0.05, 0) is 71.0 Å². The Balaban J connectivity index is 1.21. The van der Waals surface area contributed by atoms with Gasteiger partial charge in [0.1, 0.15) is 4.88 Å². The molecule has 0 spiro atoms. The highest BCUT2D eigenvalue weighted by molar-refractivity contribution is 9.10. The number of rotatable bonds is 6. The van der Waals surface area contributed by atoms with Crippen LogP contribution in [0.3, 0.4) is 0 Å². The first kappa shape index (κ1) is 18.7. The quantitative estimate of drug-likeness (QED) is 0.699. The van der Waals surface area contributed by atoms with Crippen LogP contribution in [0.5, 0.6) is 0 Å². The summed E-state index contributed by atoms with van der Waals surface area (Å²) in [6.45, 7) is 0. The van der Waals surface area contributed by atoms with Gasteiger partial charge in [-0.15, -0.1) is 11.3 Å². The van der Waals surface area contributed by atoms with Gasteiger partial charge in [0.2, 0.25) is 5.91 Å². The number of hydrogen-bond donors (Lipinski definition) is 2. The highest BCUT2D eigenvalue weighted by Crippen LogP contribution is 2.41. The summed E-state index contributed by atoms with van der Waals surface area (Å²) in [6, 6.07) is 12.6. The SMILES string of the molecule is O=C(N[C@@H]1CC[C@H](NC(=O)C2CC2Cc2ccccc2)C1)c1sccc1Br. The molecule has 2 saturated carbocycles. The fourth-order valence-electron chi connectivity index (χ4n) is 3.97. The lowest BCUT2D eigenvalue weighted by Crippen LogP contribution is -2.37. The molecule has 2 unspecified atom stereocenters. The lowest BCUT2D eigenvalue weighted by Gasteiger charge is -2.14. The molecule has 0 radical (unpaired) electrons. The van der Waals surface area contributed by atoms with Crippen molar-refractivity contribution in [3.63, 3.8) is 0 Å². The molecule has 1 aromatic heterocycles. The van der Waals surface area contributed by atoms with Crippen LogP contribution in [0.2, 0.25) is 0 Å². The van der Waals surface area contributed by atoms with Gasteiger partial charge in [-0.2, -0.15) is 0 Å². The Kier molecular flexibility index (Phi) is 5.64. The van der Waals surface area contributed by atoms with Gasteiger partial charge in [0.15, 0.2) is 0 Å². The summed E-state index contributed by atoms with van der Waals surface area (Å²) in [5, 5.41) is 8.21. The van der Waals surface area contributed by atoms with Crippen molar-refractivity contribution in [1.82, 2.24) is 10.6 Å². The van der Waals surface area contributed by atoms with Crippen LogP contribution in [0.15, 0.2) is 46.3 Å². The first-order chi connectivity index (χ1) is 13.1. The maximum atomic E-state index is 12.5. The van der Waals surface area contributed by atoms with E-state index >= 15 is 0 Å². The maximum Gasteiger partial charge on any atom is 0.262 e. The highest BCUT2D eigenvalue weighted by atomic mass is 79.9. The van der Waals surface area contributed by atoms with Crippen LogP contribution in [0, 0.1) is 11.8 Å². The Labute approximate surface area is 171 Å².